The van der Waals surface area contributed by atoms with Crippen LogP contribution < -0.4 is 9.13 Å². The lowest BCUT2D eigenvalue weighted by atomic mass is 9.64. The van der Waals surface area contributed by atoms with Gasteiger partial charge in [0.2, 0.25) is 11.4 Å². The summed E-state index contributed by atoms with van der Waals surface area (Å²) in [5.41, 5.74) is 6.45. The van der Waals surface area contributed by atoms with Gasteiger partial charge in [-0.1, -0.05) is 59.2 Å². The van der Waals surface area contributed by atoms with Crippen molar-refractivity contribution >= 4 is 16.3 Å². The third kappa shape index (κ3) is 4.58. The van der Waals surface area contributed by atoms with E-state index < -0.39 is 22.8 Å². The SMILES string of the molecule is CCCCc1ccc2c3c4[n+](ccc13)C(CC)(CC)C(=CC[n+]1ccccc1-c1cc(C(F)(F)F)nn1C)c1ccc(F)c(c1-4)C2(C)C. The Kier molecular flexibility index (Phi) is 7.64. The van der Waals surface area contributed by atoms with E-state index >= 15 is 4.39 Å². The molecule has 8 heteroatoms. The Labute approximate surface area is 279 Å². The third-order valence-electron chi connectivity index (χ3n) is 11.0. The number of nitrogens with zero attached hydrogens (tertiary/aromatic N) is 4. The summed E-state index contributed by atoms with van der Waals surface area (Å²) in [6, 6.07) is 16.9. The van der Waals surface area contributed by atoms with Gasteiger partial charge in [0.15, 0.2) is 30.2 Å². The van der Waals surface area contributed by atoms with Crippen molar-refractivity contribution in [1.29, 1.82) is 0 Å². The largest absolute Gasteiger partial charge is 0.435 e. The first-order valence-electron chi connectivity index (χ1n) is 17.0. The van der Waals surface area contributed by atoms with E-state index in [0.717, 1.165) is 66.1 Å². The second kappa shape index (κ2) is 11.4. The third-order valence-corrected chi connectivity index (χ3v) is 11.0. The van der Waals surface area contributed by atoms with Crippen molar-refractivity contribution < 1.29 is 26.7 Å². The van der Waals surface area contributed by atoms with Crippen LogP contribution in [0.4, 0.5) is 17.6 Å². The minimum atomic E-state index is -4.54. The summed E-state index contributed by atoms with van der Waals surface area (Å²) in [7, 11) is 1.53. The molecule has 0 fully saturated rings. The van der Waals surface area contributed by atoms with E-state index in [0.29, 0.717) is 23.5 Å². The number of alkyl halides is 3. The van der Waals surface area contributed by atoms with Crippen LogP contribution in [0, 0.1) is 5.82 Å². The molecular formula is C40H42F4N4+2. The second-order valence-electron chi connectivity index (χ2n) is 13.8. The molecule has 4 heterocycles. The number of aromatic nitrogens is 4. The van der Waals surface area contributed by atoms with Crippen molar-refractivity contribution in [3.8, 4) is 22.6 Å². The lowest BCUT2D eigenvalue weighted by Crippen LogP contribution is -2.60. The van der Waals surface area contributed by atoms with Gasteiger partial charge >= 0.3 is 6.18 Å². The molecule has 4 nitrogen and oxygen atoms in total. The van der Waals surface area contributed by atoms with Crippen molar-refractivity contribution in [3.63, 3.8) is 0 Å². The number of rotatable bonds is 8. The molecule has 3 aromatic heterocycles. The van der Waals surface area contributed by atoms with Crippen LogP contribution >= 0.6 is 0 Å². The lowest BCUT2D eigenvalue weighted by molar-refractivity contribution is -0.741. The molecule has 0 unspecified atom stereocenters. The summed E-state index contributed by atoms with van der Waals surface area (Å²) in [5, 5.41) is 6.23. The Hall–Kier alpha value is -4.33. The highest BCUT2D eigenvalue weighted by Crippen LogP contribution is 2.55. The summed E-state index contributed by atoms with van der Waals surface area (Å²) in [6.45, 7) is 11.3. The van der Waals surface area contributed by atoms with E-state index in [1.807, 2.05) is 35.0 Å². The summed E-state index contributed by atoms with van der Waals surface area (Å²) in [4.78, 5) is 0. The molecule has 248 valence electrons. The van der Waals surface area contributed by atoms with Crippen LogP contribution in [-0.2, 0) is 37.1 Å². The Morgan fingerprint density at radius 2 is 1.73 bits per heavy atom. The molecule has 0 saturated carbocycles. The molecule has 0 radical (unpaired) electrons. The van der Waals surface area contributed by atoms with Crippen molar-refractivity contribution in [3.05, 3.63) is 107 Å². The summed E-state index contributed by atoms with van der Waals surface area (Å²) in [5.74, 6) is -0.209. The predicted octanol–water partition coefficient (Wildman–Crippen LogP) is 9.23. The van der Waals surface area contributed by atoms with E-state index in [-0.39, 0.29) is 5.82 Å². The zero-order valence-corrected chi connectivity index (χ0v) is 28.5. The minimum absolute atomic E-state index is 0.209. The average Bonchev–Trinajstić information content (AvgIpc) is 3.47. The van der Waals surface area contributed by atoms with Crippen LogP contribution in [0.15, 0.2) is 73.1 Å². The molecule has 0 bridgehead atoms. The summed E-state index contributed by atoms with van der Waals surface area (Å²) < 4.78 is 62.6. The molecule has 0 atom stereocenters. The Morgan fingerprint density at radius 1 is 0.958 bits per heavy atom. The Balaban J connectivity index is 1.48. The number of pyridine rings is 2. The van der Waals surface area contributed by atoms with E-state index in [9.17, 15) is 13.2 Å². The number of hydrogen-bond acceptors (Lipinski definition) is 1. The number of hydrogen-bond donors (Lipinski definition) is 0. The monoisotopic (exact) mass is 654 g/mol. The number of halogens is 4. The van der Waals surface area contributed by atoms with Crippen molar-refractivity contribution in [2.45, 2.75) is 90.4 Å². The lowest BCUT2D eigenvalue weighted by Gasteiger charge is -2.42. The smallest absolute Gasteiger partial charge is 0.261 e. The van der Waals surface area contributed by atoms with Crippen molar-refractivity contribution in [2.24, 2.45) is 7.05 Å². The standard InChI is InChI=1S/C40H42F4N4/c1-7-10-13-25-15-17-29-34-26(25)19-23-48-37(34)35-27(16-18-30(41)36(35)38(29,4)5)28(39(48,8-2)9-3)20-22-47-21-12-11-14-31(47)32-24-33(40(42,43)44)45-46(32)6/h11-12,14-21,23-24H,7-10,13,22H2,1-6H3/q+2. The van der Waals surface area contributed by atoms with Gasteiger partial charge in [0.1, 0.15) is 11.5 Å². The van der Waals surface area contributed by atoms with Gasteiger partial charge in [-0.2, -0.15) is 27.4 Å². The molecule has 7 rings (SSSR count). The Bertz CT molecular complexity index is 2110. The zero-order valence-electron chi connectivity index (χ0n) is 28.5. The maximum Gasteiger partial charge on any atom is 0.435 e. The Morgan fingerprint density at radius 3 is 2.42 bits per heavy atom. The average molecular weight is 655 g/mol. The minimum Gasteiger partial charge on any atom is -0.261 e. The molecule has 0 saturated heterocycles. The quantitative estimate of drug-likeness (QED) is 0.121. The highest BCUT2D eigenvalue weighted by molar-refractivity contribution is 6.05. The van der Waals surface area contributed by atoms with Crippen LogP contribution in [0.2, 0.25) is 0 Å². The van der Waals surface area contributed by atoms with Crippen LogP contribution in [0.5, 0.6) is 0 Å². The van der Waals surface area contributed by atoms with Crippen molar-refractivity contribution in [1.82, 2.24) is 9.78 Å². The highest BCUT2D eigenvalue weighted by atomic mass is 19.4. The van der Waals surface area contributed by atoms with E-state index in [1.54, 1.807) is 6.07 Å². The number of benzene rings is 2. The van der Waals surface area contributed by atoms with Gasteiger partial charge in [-0.15, -0.1) is 0 Å². The summed E-state index contributed by atoms with van der Waals surface area (Å²) in [6.07, 6.45) is 6.59. The van der Waals surface area contributed by atoms with Crippen LogP contribution in [0.1, 0.15) is 88.2 Å². The van der Waals surface area contributed by atoms with Crippen LogP contribution in [-0.4, -0.2) is 9.78 Å². The van der Waals surface area contributed by atoms with Gasteiger partial charge in [0.05, 0.1) is 10.9 Å². The second-order valence-corrected chi connectivity index (χ2v) is 13.8. The first kappa shape index (κ1) is 32.2. The van der Waals surface area contributed by atoms with Gasteiger partial charge in [0, 0.05) is 60.7 Å². The molecule has 2 aromatic carbocycles. The van der Waals surface area contributed by atoms with E-state index in [2.05, 4.69) is 74.8 Å². The number of allylic oxidation sites excluding steroid dienone is 2. The maximum atomic E-state index is 16.2. The van der Waals surface area contributed by atoms with Gasteiger partial charge in [-0.25, -0.2) is 4.39 Å². The fourth-order valence-corrected chi connectivity index (χ4v) is 8.51. The van der Waals surface area contributed by atoms with Gasteiger partial charge in [-0.3, -0.25) is 4.68 Å². The van der Waals surface area contributed by atoms with E-state index in [1.165, 1.54) is 28.1 Å². The maximum absolute atomic E-state index is 16.2. The topological polar surface area (TPSA) is 25.6 Å². The fraction of sp³-hybridized carbons (Fsp3) is 0.375. The van der Waals surface area contributed by atoms with E-state index in [4.69, 9.17) is 0 Å². The van der Waals surface area contributed by atoms with Crippen LogP contribution in [0.3, 0.4) is 0 Å². The molecule has 1 aliphatic carbocycles. The number of unbranched alkanes of at least 4 members (excludes halogenated alkanes) is 1. The normalized spacial score (nSPS) is 16.6. The summed E-state index contributed by atoms with van der Waals surface area (Å²) >= 11 is 0. The first-order chi connectivity index (χ1) is 22.9. The van der Waals surface area contributed by atoms with Crippen LogP contribution in [0.25, 0.3) is 39.0 Å². The van der Waals surface area contributed by atoms with Crippen molar-refractivity contribution in [2.75, 3.05) is 0 Å². The molecule has 0 amide bonds. The molecular weight excluding hydrogens is 612 g/mol. The fourth-order valence-electron chi connectivity index (χ4n) is 8.51. The molecule has 2 aliphatic rings. The number of aryl methyl sites for hydroxylation is 2. The van der Waals surface area contributed by atoms with Gasteiger partial charge < -0.3 is 0 Å². The molecule has 5 aromatic rings. The molecule has 48 heavy (non-hydrogen) atoms. The zero-order chi connectivity index (χ0) is 34.2. The highest BCUT2D eigenvalue weighted by Gasteiger charge is 2.53. The predicted molar refractivity (Wildman–Crippen MR) is 181 cm³/mol. The van der Waals surface area contributed by atoms with Gasteiger partial charge in [0.25, 0.3) is 0 Å². The first-order valence-corrected chi connectivity index (χ1v) is 17.0. The molecule has 1 aliphatic heterocycles. The molecule has 0 spiro atoms. The molecule has 0 N–H and O–H groups in total. The van der Waals surface area contributed by atoms with Gasteiger partial charge in [-0.05, 0) is 53.1 Å².